The summed E-state index contributed by atoms with van der Waals surface area (Å²) in [5.41, 5.74) is 3.03. The molecule has 4 aliphatic heterocycles. The third-order valence-corrected chi connectivity index (χ3v) is 7.29. The van der Waals surface area contributed by atoms with Gasteiger partial charge in [0.2, 0.25) is 11.8 Å². The van der Waals surface area contributed by atoms with Gasteiger partial charge in [0.1, 0.15) is 6.04 Å². The highest BCUT2D eigenvalue weighted by Gasteiger charge is 2.41. The Morgan fingerprint density at radius 2 is 1.97 bits per heavy atom. The number of hydrogen-bond acceptors (Lipinski definition) is 5. The number of benzene rings is 1. The first-order valence-electron chi connectivity index (χ1n) is 10.8. The molecule has 7 heteroatoms. The minimum Gasteiger partial charge on any atom is -0.322 e. The molecule has 154 valence electrons. The van der Waals surface area contributed by atoms with Gasteiger partial charge >= 0.3 is 0 Å². The van der Waals surface area contributed by atoms with Crippen LogP contribution in [0.1, 0.15) is 60.0 Å². The van der Waals surface area contributed by atoms with Crippen molar-refractivity contribution in [3.63, 3.8) is 0 Å². The largest absolute Gasteiger partial charge is 0.322 e. The number of piperidine rings is 3. The molecule has 0 aromatic heterocycles. The summed E-state index contributed by atoms with van der Waals surface area (Å²) in [6, 6.07) is 5.27. The fourth-order valence-electron chi connectivity index (χ4n) is 5.46. The van der Waals surface area contributed by atoms with Crippen molar-refractivity contribution < 1.29 is 14.4 Å². The minimum atomic E-state index is -0.561. The van der Waals surface area contributed by atoms with Crippen LogP contribution in [0.4, 0.5) is 0 Å². The van der Waals surface area contributed by atoms with E-state index >= 15 is 0 Å². The van der Waals surface area contributed by atoms with Gasteiger partial charge in [-0.2, -0.15) is 0 Å². The lowest BCUT2D eigenvalue weighted by Crippen LogP contribution is -2.60. The summed E-state index contributed by atoms with van der Waals surface area (Å²) in [6.07, 6.45) is 5.79. The van der Waals surface area contributed by atoms with Gasteiger partial charge in [-0.05, 0) is 61.8 Å². The smallest absolute Gasteiger partial charge is 0.255 e. The van der Waals surface area contributed by atoms with Crippen molar-refractivity contribution in [2.45, 2.75) is 63.2 Å². The molecular formula is C22H28N4O3. The molecule has 1 saturated carbocycles. The fourth-order valence-corrected chi connectivity index (χ4v) is 5.46. The van der Waals surface area contributed by atoms with E-state index in [0.717, 1.165) is 30.1 Å². The van der Waals surface area contributed by atoms with Gasteiger partial charge in [-0.3, -0.25) is 19.7 Å². The summed E-state index contributed by atoms with van der Waals surface area (Å²) in [6.45, 7) is 3.22. The highest BCUT2D eigenvalue weighted by molar-refractivity contribution is 6.05. The third kappa shape index (κ3) is 3.36. The maximum atomic E-state index is 12.9. The van der Waals surface area contributed by atoms with Crippen molar-refractivity contribution in [3.05, 3.63) is 34.9 Å². The molecule has 4 heterocycles. The fraction of sp³-hybridized carbons (Fsp3) is 0.591. The summed E-state index contributed by atoms with van der Waals surface area (Å²) in [7, 11) is 0. The van der Waals surface area contributed by atoms with E-state index in [4.69, 9.17) is 0 Å². The summed E-state index contributed by atoms with van der Waals surface area (Å²) in [4.78, 5) is 38.2. The van der Waals surface area contributed by atoms with Crippen molar-refractivity contribution in [3.8, 4) is 0 Å². The van der Waals surface area contributed by atoms with Crippen LogP contribution in [0.5, 0.6) is 0 Å². The van der Waals surface area contributed by atoms with Gasteiger partial charge in [-0.15, -0.1) is 0 Å². The highest BCUT2D eigenvalue weighted by Crippen LogP contribution is 2.36. The third-order valence-electron chi connectivity index (χ3n) is 7.29. The quantitative estimate of drug-likeness (QED) is 0.648. The number of rotatable bonds is 5. The average Bonchev–Trinajstić information content (AvgIpc) is 3.07. The van der Waals surface area contributed by atoms with Gasteiger partial charge in [-0.25, -0.2) is 0 Å². The van der Waals surface area contributed by atoms with Crippen molar-refractivity contribution in [2.75, 3.05) is 13.1 Å². The normalized spacial score (nSPS) is 31.2. The van der Waals surface area contributed by atoms with E-state index in [2.05, 4.69) is 22.0 Å². The lowest BCUT2D eigenvalue weighted by atomic mass is 9.72. The molecule has 1 aromatic rings. The summed E-state index contributed by atoms with van der Waals surface area (Å²) in [5, 5.41) is 9.73. The molecule has 29 heavy (non-hydrogen) atoms. The topological polar surface area (TPSA) is 90.5 Å². The first kappa shape index (κ1) is 18.8. The predicted molar refractivity (Wildman–Crippen MR) is 107 cm³/mol. The van der Waals surface area contributed by atoms with Crippen LogP contribution in [0, 0.1) is 5.92 Å². The molecule has 1 unspecified atom stereocenters. The zero-order valence-corrected chi connectivity index (χ0v) is 16.6. The summed E-state index contributed by atoms with van der Waals surface area (Å²) in [5.74, 6) is 0.131. The molecule has 0 radical (unpaired) electrons. The standard InChI is InChI=1S/C22H28N4O3/c27-19-5-4-18(20(28)25-19)26-12-17-15(2-1-3-16(17)21(26)29)11-23-13-22-8-6-14(7-9-22)10-24-22/h1-3,14,18,23-24H,4-13H2,(H,25,27,28). The molecule has 1 aliphatic carbocycles. The molecule has 3 saturated heterocycles. The zero-order chi connectivity index (χ0) is 20.0. The van der Waals surface area contributed by atoms with Gasteiger partial charge in [0.05, 0.1) is 0 Å². The first-order chi connectivity index (χ1) is 14.0. The number of fused-ring (bicyclic) bond motifs is 4. The van der Waals surface area contributed by atoms with Crippen LogP contribution in [0.3, 0.4) is 0 Å². The van der Waals surface area contributed by atoms with E-state index in [1.54, 1.807) is 4.90 Å². The van der Waals surface area contributed by atoms with Crippen LogP contribution < -0.4 is 16.0 Å². The Kier molecular flexibility index (Phi) is 4.67. The molecule has 3 N–H and O–H groups in total. The second-order valence-electron chi connectivity index (χ2n) is 9.05. The summed E-state index contributed by atoms with van der Waals surface area (Å²) < 4.78 is 0. The first-order valence-corrected chi connectivity index (χ1v) is 10.8. The zero-order valence-electron chi connectivity index (χ0n) is 16.6. The molecule has 1 atom stereocenters. The van der Waals surface area contributed by atoms with E-state index < -0.39 is 6.04 Å². The minimum absolute atomic E-state index is 0.109. The molecule has 4 fully saturated rings. The molecule has 3 amide bonds. The van der Waals surface area contributed by atoms with Gasteiger partial charge in [-0.1, -0.05) is 12.1 Å². The Morgan fingerprint density at radius 3 is 2.69 bits per heavy atom. The lowest BCUT2D eigenvalue weighted by Gasteiger charge is -2.47. The Balaban J connectivity index is 1.27. The number of imide groups is 1. The average molecular weight is 396 g/mol. The van der Waals surface area contributed by atoms with Crippen LogP contribution in [-0.4, -0.2) is 47.3 Å². The number of hydrogen-bond donors (Lipinski definition) is 3. The molecule has 7 nitrogen and oxygen atoms in total. The van der Waals surface area contributed by atoms with Gasteiger partial charge in [0.15, 0.2) is 0 Å². The van der Waals surface area contributed by atoms with Crippen LogP contribution in [0.2, 0.25) is 0 Å². The molecule has 0 spiro atoms. The van der Waals surface area contributed by atoms with Crippen LogP contribution in [0.25, 0.3) is 0 Å². The number of carbonyl (C=O) groups is 3. The van der Waals surface area contributed by atoms with Crippen molar-refractivity contribution >= 4 is 17.7 Å². The predicted octanol–water partition coefficient (Wildman–Crippen LogP) is 1.07. The monoisotopic (exact) mass is 396 g/mol. The van der Waals surface area contributed by atoms with E-state index in [1.165, 1.54) is 25.7 Å². The van der Waals surface area contributed by atoms with Crippen molar-refractivity contribution in [2.24, 2.45) is 5.92 Å². The molecule has 1 aromatic carbocycles. The number of carbonyl (C=O) groups excluding carboxylic acids is 3. The Morgan fingerprint density at radius 1 is 1.14 bits per heavy atom. The van der Waals surface area contributed by atoms with Gasteiger partial charge in [0.25, 0.3) is 5.91 Å². The second kappa shape index (κ2) is 7.22. The SMILES string of the molecule is O=C1CCC(N2Cc3c(CNCC45CCC(CC4)CN5)cccc3C2=O)C(=O)N1. The molecular weight excluding hydrogens is 368 g/mol. The molecule has 5 aliphatic rings. The van der Waals surface area contributed by atoms with Crippen molar-refractivity contribution in [1.29, 1.82) is 0 Å². The number of amides is 3. The molecule has 6 rings (SSSR count). The molecule has 2 bridgehead atoms. The highest BCUT2D eigenvalue weighted by atomic mass is 16.2. The van der Waals surface area contributed by atoms with Crippen LogP contribution in [0.15, 0.2) is 18.2 Å². The van der Waals surface area contributed by atoms with Crippen LogP contribution in [-0.2, 0) is 22.7 Å². The maximum Gasteiger partial charge on any atom is 0.255 e. The second-order valence-corrected chi connectivity index (χ2v) is 9.05. The van der Waals surface area contributed by atoms with Gasteiger partial charge < -0.3 is 15.5 Å². The van der Waals surface area contributed by atoms with E-state index in [9.17, 15) is 14.4 Å². The van der Waals surface area contributed by atoms with E-state index in [1.807, 2.05) is 12.1 Å². The summed E-state index contributed by atoms with van der Waals surface area (Å²) >= 11 is 0. The van der Waals surface area contributed by atoms with E-state index in [-0.39, 0.29) is 29.7 Å². The Bertz CT molecular complexity index is 846. The van der Waals surface area contributed by atoms with Gasteiger partial charge in [0, 0.05) is 37.2 Å². The Hall–Kier alpha value is -2.25. The number of nitrogens with zero attached hydrogens (tertiary/aromatic N) is 1. The Labute approximate surface area is 170 Å². The van der Waals surface area contributed by atoms with E-state index in [0.29, 0.717) is 25.1 Å². The number of nitrogens with one attached hydrogen (secondary N) is 3. The maximum absolute atomic E-state index is 12.9. The lowest BCUT2D eigenvalue weighted by molar-refractivity contribution is -0.136. The van der Waals surface area contributed by atoms with Crippen molar-refractivity contribution in [1.82, 2.24) is 20.9 Å². The van der Waals surface area contributed by atoms with Crippen LogP contribution >= 0.6 is 0 Å².